The van der Waals surface area contributed by atoms with Crippen molar-refractivity contribution in [3.8, 4) is 5.75 Å². The number of nitrogens with two attached hydrogens (primary N) is 1. The van der Waals surface area contributed by atoms with Crippen LogP contribution in [-0.2, 0) is 0 Å². The van der Waals surface area contributed by atoms with Crippen LogP contribution in [0.4, 0.5) is 5.69 Å². The molecule has 2 aromatic rings. The van der Waals surface area contributed by atoms with Gasteiger partial charge in [-0.25, -0.2) is 0 Å². The highest BCUT2D eigenvalue weighted by Crippen LogP contribution is 2.25. The van der Waals surface area contributed by atoms with E-state index in [1.54, 1.807) is 18.2 Å². The van der Waals surface area contributed by atoms with Crippen molar-refractivity contribution in [2.75, 3.05) is 19.5 Å². The van der Waals surface area contributed by atoms with E-state index in [1.807, 2.05) is 30.3 Å². The number of amides is 1. The molecule has 1 amide bonds. The molecule has 0 bridgehead atoms. The summed E-state index contributed by atoms with van der Waals surface area (Å²) in [6.45, 7) is -0.195. The molecule has 0 fully saturated rings. The zero-order valence-corrected chi connectivity index (χ0v) is 11.7. The maximum absolute atomic E-state index is 12.3. The summed E-state index contributed by atoms with van der Waals surface area (Å²) in [6, 6.07) is 13.8. The SMILES string of the molecule is COc1cccc(C(=O)NC(CO)c2ccccc2)c1N. The van der Waals surface area contributed by atoms with Crippen LogP contribution in [-0.4, -0.2) is 24.7 Å². The molecule has 0 radical (unpaired) electrons. The third-order valence-electron chi connectivity index (χ3n) is 3.22. The molecule has 0 aliphatic carbocycles. The highest BCUT2D eigenvalue weighted by atomic mass is 16.5. The van der Waals surface area contributed by atoms with Gasteiger partial charge in [0.1, 0.15) is 5.75 Å². The number of aliphatic hydroxyl groups excluding tert-OH is 1. The lowest BCUT2D eigenvalue weighted by molar-refractivity contribution is 0.0917. The van der Waals surface area contributed by atoms with Crippen molar-refractivity contribution >= 4 is 11.6 Å². The van der Waals surface area contributed by atoms with Crippen LogP contribution in [0.1, 0.15) is 22.0 Å². The van der Waals surface area contributed by atoms with E-state index in [4.69, 9.17) is 10.5 Å². The number of carbonyl (C=O) groups excluding carboxylic acids is 1. The number of ether oxygens (including phenoxy) is 1. The highest BCUT2D eigenvalue weighted by Gasteiger charge is 2.18. The first-order valence-corrected chi connectivity index (χ1v) is 6.56. The lowest BCUT2D eigenvalue weighted by Gasteiger charge is -2.18. The van der Waals surface area contributed by atoms with E-state index in [-0.39, 0.29) is 18.2 Å². The summed E-state index contributed by atoms with van der Waals surface area (Å²) in [5, 5.41) is 12.2. The third kappa shape index (κ3) is 3.32. The molecule has 0 saturated carbocycles. The summed E-state index contributed by atoms with van der Waals surface area (Å²) in [5.74, 6) is 0.0946. The van der Waals surface area contributed by atoms with Crippen molar-refractivity contribution < 1.29 is 14.6 Å². The Labute approximate surface area is 123 Å². The van der Waals surface area contributed by atoms with Crippen molar-refractivity contribution in [3.63, 3.8) is 0 Å². The summed E-state index contributed by atoms with van der Waals surface area (Å²) in [5.41, 5.74) is 7.33. The van der Waals surface area contributed by atoms with Gasteiger partial charge in [0.15, 0.2) is 0 Å². The van der Waals surface area contributed by atoms with E-state index in [0.29, 0.717) is 11.3 Å². The highest BCUT2D eigenvalue weighted by molar-refractivity contribution is 6.00. The van der Waals surface area contributed by atoms with E-state index >= 15 is 0 Å². The minimum atomic E-state index is -0.482. The second-order valence-electron chi connectivity index (χ2n) is 4.54. The standard InChI is InChI=1S/C16H18N2O3/c1-21-14-9-5-8-12(15(14)17)16(20)18-13(10-19)11-6-3-2-4-7-11/h2-9,13,19H,10,17H2,1H3,(H,18,20). The first-order chi connectivity index (χ1) is 10.2. The maximum Gasteiger partial charge on any atom is 0.254 e. The minimum absolute atomic E-state index is 0.195. The van der Waals surface area contributed by atoms with Crippen molar-refractivity contribution in [2.45, 2.75) is 6.04 Å². The second-order valence-corrected chi connectivity index (χ2v) is 4.54. The average Bonchev–Trinajstić information content (AvgIpc) is 2.53. The Kier molecular flexibility index (Phi) is 4.79. The number of methoxy groups -OCH3 is 1. The zero-order valence-electron chi connectivity index (χ0n) is 11.7. The molecular weight excluding hydrogens is 268 g/mol. The number of benzene rings is 2. The zero-order chi connectivity index (χ0) is 15.2. The molecule has 21 heavy (non-hydrogen) atoms. The molecule has 4 N–H and O–H groups in total. The Morgan fingerprint density at radius 1 is 1.24 bits per heavy atom. The Morgan fingerprint density at radius 2 is 1.95 bits per heavy atom. The molecule has 1 atom stereocenters. The first-order valence-electron chi connectivity index (χ1n) is 6.56. The van der Waals surface area contributed by atoms with Crippen LogP contribution in [0.2, 0.25) is 0 Å². The fourth-order valence-corrected chi connectivity index (χ4v) is 2.08. The molecule has 1 unspecified atom stereocenters. The molecule has 5 nitrogen and oxygen atoms in total. The molecule has 0 saturated heterocycles. The lowest BCUT2D eigenvalue weighted by atomic mass is 10.1. The van der Waals surface area contributed by atoms with Gasteiger partial charge in [0.2, 0.25) is 0 Å². The second kappa shape index (κ2) is 6.76. The number of nitrogen functional groups attached to an aromatic ring is 1. The van der Waals surface area contributed by atoms with E-state index in [2.05, 4.69) is 5.32 Å². The average molecular weight is 286 g/mol. The van der Waals surface area contributed by atoms with Gasteiger partial charge in [0.05, 0.1) is 31.0 Å². The third-order valence-corrected chi connectivity index (χ3v) is 3.22. The Bertz CT molecular complexity index is 614. The number of anilines is 1. The number of hydrogen-bond acceptors (Lipinski definition) is 4. The van der Waals surface area contributed by atoms with Crippen LogP contribution in [0.5, 0.6) is 5.75 Å². The van der Waals surface area contributed by atoms with Crippen LogP contribution < -0.4 is 15.8 Å². The fraction of sp³-hybridized carbons (Fsp3) is 0.188. The molecule has 110 valence electrons. The minimum Gasteiger partial charge on any atom is -0.495 e. The number of nitrogens with one attached hydrogen (secondary N) is 1. The smallest absolute Gasteiger partial charge is 0.254 e. The Hall–Kier alpha value is -2.53. The van der Waals surface area contributed by atoms with Crippen LogP contribution in [0.15, 0.2) is 48.5 Å². The van der Waals surface area contributed by atoms with Crippen LogP contribution >= 0.6 is 0 Å². The van der Waals surface area contributed by atoms with Crippen LogP contribution in [0.3, 0.4) is 0 Å². The number of carbonyl (C=O) groups is 1. The van der Waals surface area contributed by atoms with Gasteiger partial charge in [-0.3, -0.25) is 4.79 Å². The summed E-state index contributed by atoms with van der Waals surface area (Å²) < 4.78 is 5.10. The van der Waals surface area contributed by atoms with Gasteiger partial charge in [0, 0.05) is 0 Å². The van der Waals surface area contributed by atoms with E-state index < -0.39 is 6.04 Å². The lowest BCUT2D eigenvalue weighted by Crippen LogP contribution is -2.31. The van der Waals surface area contributed by atoms with Crippen molar-refractivity contribution in [3.05, 3.63) is 59.7 Å². The monoisotopic (exact) mass is 286 g/mol. The molecular formula is C16H18N2O3. The normalized spacial score (nSPS) is 11.7. The maximum atomic E-state index is 12.3. The predicted molar refractivity (Wildman–Crippen MR) is 81.1 cm³/mol. The number of hydrogen-bond donors (Lipinski definition) is 3. The fourth-order valence-electron chi connectivity index (χ4n) is 2.08. The summed E-state index contributed by atoms with van der Waals surface area (Å²) in [4.78, 5) is 12.3. The van der Waals surface area contributed by atoms with Gasteiger partial charge in [-0.05, 0) is 17.7 Å². The largest absolute Gasteiger partial charge is 0.495 e. The molecule has 0 heterocycles. The molecule has 0 aliphatic rings. The molecule has 5 heteroatoms. The van der Waals surface area contributed by atoms with Crippen molar-refractivity contribution in [2.24, 2.45) is 0 Å². The molecule has 2 aromatic carbocycles. The van der Waals surface area contributed by atoms with E-state index in [1.165, 1.54) is 7.11 Å². The summed E-state index contributed by atoms with van der Waals surface area (Å²) >= 11 is 0. The van der Waals surface area contributed by atoms with E-state index in [0.717, 1.165) is 5.56 Å². The van der Waals surface area contributed by atoms with E-state index in [9.17, 15) is 9.90 Å². The van der Waals surface area contributed by atoms with Gasteiger partial charge in [0.25, 0.3) is 5.91 Å². The van der Waals surface area contributed by atoms with Crippen molar-refractivity contribution in [1.29, 1.82) is 0 Å². The summed E-state index contributed by atoms with van der Waals surface area (Å²) in [7, 11) is 1.49. The van der Waals surface area contributed by atoms with Gasteiger partial charge in [-0.2, -0.15) is 0 Å². The Balaban J connectivity index is 2.21. The number of para-hydroxylation sites is 1. The Morgan fingerprint density at radius 3 is 2.57 bits per heavy atom. The quantitative estimate of drug-likeness (QED) is 0.731. The number of rotatable bonds is 5. The topological polar surface area (TPSA) is 84.6 Å². The van der Waals surface area contributed by atoms with Gasteiger partial charge >= 0.3 is 0 Å². The van der Waals surface area contributed by atoms with Crippen LogP contribution in [0, 0.1) is 0 Å². The molecule has 0 spiro atoms. The number of aliphatic hydroxyl groups is 1. The molecule has 0 aromatic heterocycles. The molecule has 2 rings (SSSR count). The summed E-state index contributed by atoms with van der Waals surface area (Å²) in [6.07, 6.45) is 0. The molecule has 0 aliphatic heterocycles. The van der Waals surface area contributed by atoms with Crippen LogP contribution in [0.25, 0.3) is 0 Å². The van der Waals surface area contributed by atoms with Gasteiger partial charge < -0.3 is 20.9 Å². The van der Waals surface area contributed by atoms with Crippen molar-refractivity contribution in [1.82, 2.24) is 5.32 Å². The van der Waals surface area contributed by atoms with Gasteiger partial charge in [-0.1, -0.05) is 36.4 Å². The predicted octanol–water partition coefficient (Wildman–Crippen LogP) is 1.74. The first kappa shape index (κ1) is 14.9. The van der Waals surface area contributed by atoms with Gasteiger partial charge in [-0.15, -0.1) is 0 Å².